The Labute approximate surface area is 119 Å². The Bertz CT molecular complexity index is 367. The lowest BCUT2D eigenvalue weighted by Crippen LogP contribution is -2.31. The Balaban J connectivity index is 1.89. The van der Waals surface area contributed by atoms with Crippen LogP contribution in [0.1, 0.15) is 17.5 Å². The highest BCUT2D eigenvalue weighted by molar-refractivity contribution is 9.09. The largest absolute Gasteiger partial charge is 0.301 e. The van der Waals surface area contributed by atoms with Crippen LogP contribution >= 0.6 is 15.9 Å². The van der Waals surface area contributed by atoms with Crippen molar-refractivity contribution in [2.75, 3.05) is 38.1 Å². The third kappa shape index (κ3) is 4.08. The van der Waals surface area contributed by atoms with Crippen molar-refractivity contribution in [1.29, 1.82) is 0 Å². The molecule has 1 aromatic rings. The van der Waals surface area contributed by atoms with E-state index in [2.05, 4.69) is 56.9 Å². The van der Waals surface area contributed by atoms with Crippen molar-refractivity contribution in [3.8, 4) is 0 Å². The Morgan fingerprint density at radius 2 is 1.78 bits per heavy atom. The maximum atomic E-state index is 3.53. The molecule has 1 saturated heterocycles. The molecule has 2 rings (SSSR count). The second kappa shape index (κ2) is 7.27. The van der Waals surface area contributed by atoms with Crippen molar-refractivity contribution >= 4 is 15.9 Å². The lowest BCUT2D eigenvalue weighted by Gasteiger charge is -2.22. The Hall–Kier alpha value is -0.380. The Kier molecular flexibility index (Phi) is 5.67. The number of hydrogen-bond donors (Lipinski definition) is 0. The molecule has 0 aromatic heterocycles. The van der Waals surface area contributed by atoms with Gasteiger partial charge in [-0.05, 0) is 37.6 Å². The molecule has 100 valence electrons. The van der Waals surface area contributed by atoms with E-state index in [0.29, 0.717) is 0 Å². The average Bonchev–Trinajstić information content (AvgIpc) is 2.59. The zero-order chi connectivity index (χ0) is 12.8. The fourth-order valence-corrected chi connectivity index (χ4v) is 3.06. The molecule has 0 unspecified atom stereocenters. The molecule has 0 bridgehead atoms. The van der Waals surface area contributed by atoms with E-state index in [1.165, 1.54) is 50.3 Å². The molecule has 2 nitrogen and oxygen atoms in total. The number of nitrogens with zero attached hydrogens (tertiary/aromatic N) is 2. The van der Waals surface area contributed by atoms with Crippen molar-refractivity contribution in [3.05, 3.63) is 35.4 Å². The van der Waals surface area contributed by atoms with E-state index in [1.807, 2.05) is 0 Å². The summed E-state index contributed by atoms with van der Waals surface area (Å²) in [6.45, 7) is 9.37. The van der Waals surface area contributed by atoms with Gasteiger partial charge in [0.1, 0.15) is 0 Å². The first-order valence-corrected chi connectivity index (χ1v) is 7.97. The smallest absolute Gasteiger partial charge is 0.0236 e. The van der Waals surface area contributed by atoms with Crippen LogP contribution in [0, 0.1) is 6.92 Å². The standard InChI is InChI=1S/C15H23BrN2/c1-14-5-2-3-6-15(14)13-18-9-4-8-17(10-7-16)11-12-18/h2-3,5-6H,4,7-13H2,1H3. The van der Waals surface area contributed by atoms with Crippen LogP contribution in [-0.2, 0) is 6.54 Å². The SMILES string of the molecule is Cc1ccccc1CN1CCCN(CCBr)CC1. The molecule has 1 fully saturated rings. The van der Waals surface area contributed by atoms with Gasteiger partial charge in [-0.25, -0.2) is 0 Å². The summed E-state index contributed by atoms with van der Waals surface area (Å²) in [6.07, 6.45) is 1.29. The highest BCUT2D eigenvalue weighted by Gasteiger charge is 2.14. The van der Waals surface area contributed by atoms with Crippen LogP contribution < -0.4 is 0 Å². The van der Waals surface area contributed by atoms with Gasteiger partial charge in [0.15, 0.2) is 0 Å². The van der Waals surface area contributed by atoms with E-state index in [-0.39, 0.29) is 0 Å². The van der Waals surface area contributed by atoms with Gasteiger partial charge in [-0.2, -0.15) is 0 Å². The minimum atomic E-state index is 1.09. The Morgan fingerprint density at radius 3 is 2.56 bits per heavy atom. The third-order valence-corrected chi connectivity index (χ3v) is 4.09. The van der Waals surface area contributed by atoms with Crippen LogP contribution in [0.4, 0.5) is 0 Å². The number of hydrogen-bond acceptors (Lipinski definition) is 2. The summed E-state index contributed by atoms with van der Waals surface area (Å²) in [6, 6.07) is 8.75. The second-order valence-electron chi connectivity index (χ2n) is 5.09. The number of rotatable bonds is 4. The molecule has 0 spiro atoms. The summed E-state index contributed by atoms with van der Waals surface area (Å²) in [4.78, 5) is 5.16. The minimum absolute atomic E-state index is 1.09. The van der Waals surface area contributed by atoms with Gasteiger partial charge in [-0.1, -0.05) is 40.2 Å². The van der Waals surface area contributed by atoms with Crippen LogP contribution in [0.5, 0.6) is 0 Å². The molecule has 1 heterocycles. The lowest BCUT2D eigenvalue weighted by atomic mass is 10.1. The molecule has 1 aliphatic heterocycles. The minimum Gasteiger partial charge on any atom is -0.301 e. The van der Waals surface area contributed by atoms with E-state index in [4.69, 9.17) is 0 Å². The first kappa shape index (κ1) is 14.0. The maximum absolute atomic E-state index is 3.53. The second-order valence-corrected chi connectivity index (χ2v) is 5.88. The van der Waals surface area contributed by atoms with Crippen LogP contribution in [0.25, 0.3) is 0 Å². The van der Waals surface area contributed by atoms with Crippen molar-refractivity contribution in [1.82, 2.24) is 9.80 Å². The predicted octanol–water partition coefficient (Wildman–Crippen LogP) is 2.90. The molecule has 0 atom stereocenters. The van der Waals surface area contributed by atoms with Gasteiger partial charge in [0, 0.05) is 31.5 Å². The quantitative estimate of drug-likeness (QED) is 0.789. The highest BCUT2D eigenvalue weighted by atomic mass is 79.9. The zero-order valence-corrected chi connectivity index (χ0v) is 12.8. The molecular formula is C15H23BrN2. The van der Waals surface area contributed by atoms with Gasteiger partial charge in [0.05, 0.1) is 0 Å². The fourth-order valence-electron chi connectivity index (χ4n) is 2.55. The van der Waals surface area contributed by atoms with Crippen LogP contribution in [0.2, 0.25) is 0 Å². The van der Waals surface area contributed by atoms with Gasteiger partial charge < -0.3 is 4.90 Å². The zero-order valence-electron chi connectivity index (χ0n) is 11.2. The van der Waals surface area contributed by atoms with Crippen LogP contribution in [-0.4, -0.2) is 47.9 Å². The molecule has 1 aliphatic rings. The van der Waals surface area contributed by atoms with Gasteiger partial charge in [0.25, 0.3) is 0 Å². The Morgan fingerprint density at radius 1 is 1.06 bits per heavy atom. The molecule has 1 aromatic carbocycles. The normalized spacial score (nSPS) is 18.8. The summed E-state index contributed by atoms with van der Waals surface area (Å²) in [5.74, 6) is 0. The molecule has 0 N–H and O–H groups in total. The topological polar surface area (TPSA) is 6.48 Å². The first-order valence-electron chi connectivity index (χ1n) is 6.85. The predicted molar refractivity (Wildman–Crippen MR) is 81.3 cm³/mol. The molecule has 0 amide bonds. The number of halogens is 1. The summed E-state index contributed by atoms with van der Waals surface area (Å²) in [5, 5.41) is 1.09. The van der Waals surface area contributed by atoms with E-state index >= 15 is 0 Å². The number of alkyl halides is 1. The van der Waals surface area contributed by atoms with Gasteiger partial charge in [-0.3, -0.25) is 4.90 Å². The van der Waals surface area contributed by atoms with E-state index in [9.17, 15) is 0 Å². The van der Waals surface area contributed by atoms with E-state index in [1.54, 1.807) is 0 Å². The van der Waals surface area contributed by atoms with E-state index < -0.39 is 0 Å². The third-order valence-electron chi connectivity index (χ3n) is 3.74. The van der Waals surface area contributed by atoms with Crippen LogP contribution in [0.3, 0.4) is 0 Å². The molecule has 0 radical (unpaired) electrons. The number of aryl methyl sites for hydroxylation is 1. The first-order chi connectivity index (χ1) is 8.79. The molecular weight excluding hydrogens is 288 g/mol. The van der Waals surface area contributed by atoms with Crippen molar-refractivity contribution in [2.24, 2.45) is 0 Å². The van der Waals surface area contributed by atoms with Crippen molar-refractivity contribution < 1.29 is 0 Å². The van der Waals surface area contributed by atoms with Gasteiger partial charge in [0.2, 0.25) is 0 Å². The monoisotopic (exact) mass is 310 g/mol. The summed E-state index contributed by atoms with van der Waals surface area (Å²) < 4.78 is 0. The fraction of sp³-hybridized carbons (Fsp3) is 0.600. The van der Waals surface area contributed by atoms with Crippen molar-refractivity contribution in [2.45, 2.75) is 19.9 Å². The molecule has 18 heavy (non-hydrogen) atoms. The summed E-state index contributed by atoms with van der Waals surface area (Å²) in [7, 11) is 0. The molecule has 0 aliphatic carbocycles. The lowest BCUT2D eigenvalue weighted by molar-refractivity contribution is 0.258. The summed E-state index contributed by atoms with van der Waals surface area (Å²) in [5.41, 5.74) is 2.89. The molecule has 0 saturated carbocycles. The maximum Gasteiger partial charge on any atom is 0.0236 e. The highest BCUT2D eigenvalue weighted by Crippen LogP contribution is 2.12. The van der Waals surface area contributed by atoms with Crippen molar-refractivity contribution in [3.63, 3.8) is 0 Å². The van der Waals surface area contributed by atoms with Crippen LogP contribution in [0.15, 0.2) is 24.3 Å². The number of benzene rings is 1. The average molecular weight is 311 g/mol. The van der Waals surface area contributed by atoms with E-state index in [0.717, 1.165) is 11.9 Å². The summed E-state index contributed by atoms with van der Waals surface area (Å²) >= 11 is 3.53. The van der Waals surface area contributed by atoms with Gasteiger partial charge >= 0.3 is 0 Å². The molecule has 3 heteroatoms. The van der Waals surface area contributed by atoms with Gasteiger partial charge in [-0.15, -0.1) is 0 Å².